The number of urea groups is 1. The summed E-state index contributed by atoms with van der Waals surface area (Å²) in [6, 6.07) is 20.1. The van der Waals surface area contributed by atoms with Gasteiger partial charge in [0.1, 0.15) is 12.4 Å². The van der Waals surface area contributed by atoms with Crippen LogP contribution >= 0.6 is 0 Å². The van der Waals surface area contributed by atoms with Crippen LogP contribution in [0, 0.1) is 0 Å². The molecule has 2 amide bonds. The Labute approximate surface area is 178 Å². The van der Waals surface area contributed by atoms with Crippen LogP contribution in [0.3, 0.4) is 0 Å². The average Bonchev–Trinajstić information content (AvgIpc) is 3.13. The fraction of sp³-hybridized carbons (Fsp3) is 0.174. The Morgan fingerprint density at radius 2 is 1.81 bits per heavy atom. The Kier molecular flexibility index (Phi) is 6.27. The Balaban J connectivity index is 1.20. The molecule has 4 aromatic rings. The minimum atomic E-state index is -0.436. The van der Waals surface area contributed by atoms with E-state index in [-0.39, 0.29) is 6.03 Å². The lowest BCUT2D eigenvalue weighted by atomic mass is 10.2. The molecule has 0 atom stereocenters. The summed E-state index contributed by atoms with van der Waals surface area (Å²) < 4.78 is 12.4. The van der Waals surface area contributed by atoms with Crippen molar-refractivity contribution < 1.29 is 13.9 Å². The Morgan fingerprint density at radius 1 is 1.00 bits per heavy atom. The third-order valence-electron chi connectivity index (χ3n) is 4.68. The Bertz CT molecular complexity index is 1200. The van der Waals surface area contributed by atoms with Crippen LogP contribution < -0.4 is 21.1 Å². The summed E-state index contributed by atoms with van der Waals surface area (Å²) >= 11 is 0. The van der Waals surface area contributed by atoms with Crippen LogP contribution in [0.5, 0.6) is 5.75 Å². The summed E-state index contributed by atoms with van der Waals surface area (Å²) in [5, 5.41) is 5.55. The third-order valence-corrected chi connectivity index (χ3v) is 4.68. The normalized spacial score (nSPS) is 10.7. The van der Waals surface area contributed by atoms with Gasteiger partial charge in [-0.25, -0.2) is 9.59 Å². The minimum Gasteiger partial charge on any atom is -0.487 e. The van der Waals surface area contributed by atoms with Crippen LogP contribution in [0.2, 0.25) is 0 Å². The maximum absolute atomic E-state index is 12.1. The van der Waals surface area contributed by atoms with Gasteiger partial charge in [0.05, 0.1) is 11.2 Å². The molecule has 0 saturated heterocycles. The number of aromatic nitrogens is 2. The predicted octanol–water partition coefficient (Wildman–Crippen LogP) is 3.07. The fourth-order valence-corrected chi connectivity index (χ4v) is 3.10. The lowest BCUT2D eigenvalue weighted by Gasteiger charge is -2.09. The van der Waals surface area contributed by atoms with Gasteiger partial charge >= 0.3 is 11.8 Å². The van der Waals surface area contributed by atoms with E-state index in [4.69, 9.17) is 9.15 Å². The highest BCUT2D eigenvalue weighted by Crippen LogP contribution is 2.14. The van der Waals surface area contributed by atoms with Gasteiger partial charge in [-0.2, -0.15) is 0 Å². The van der Waals surface area contributed by atoms with Gasteiger partial charge in [0, 0.05) is 25.8 Å². The number of rotatable bonds is 8. The molecule has 0 bridgehead atoms. The van der Waals surface area contributed by atoms with Crippen molar-refractivity contribution in [3.8, 4) is 5.75 Å². The molecular weight excluding hydrogens is 396 g/mol. The van der Waals surface area contributed by atoms with Crippen molar-refractivity contribution in [3.05, 3.63) is 94.7 Å². The van der Waals surface area contributed by atoms with Crippen molar-refractivity contribution in [2.75, 3.05) is 6.54 Å². The van der Waals surface area contributed by atoms with E-state index in [9.17, 15) is 9.59 Å². The lowest BCUT2D eigenvalue weighted by molar-refractivity contribution is 0.240. The molecule has 0 aliphatic carbocycles. The topological polar surface area (TPSA) is 98.4 Å². The van der Waals surface area contributed by atoms with Gasteiger partial charge in [0.2, 0.25) is 0 Å². The number of para-hydroxylation sites is 2. The highest BCUT2D eigenvalue weighted by Gasteiger charge is 2.08. The number of nitrogens with one attached hydrogen (secondary N) is 2. The number of amides is 2. The smallest absolute Gasteiger partial charge is 0.420 e. The first-order valence-electron chi connectivity index (χ1n) is 9.91. The van der Waals surface area contributed by atoms with Crippen molar-refractivity contribution in [2.24, 2.45) is 0 Å². The van der Waals surface area contributed by atoms with E-state index in [1.165, 1.54) is 4.57 Å². The van der Waals surface area contributed by atoms with Crippen LogP contribution in [0.25, 0.3) is 11.1 Å². The standard InChI is InChI=1S/C23H22N4O4/c28-22(25-13-14-27-20-6-1-2-7-21(20)31-23(27)29)26-15-17-8-10-19(11-9-17)30-16-18-5-3-4-12-24-18/h1-12H,13-16H2,(H2,25,26,28). The minimum absolute atomic E-state index is 0.301. The molecule has 0 spiro atoms. The van der Waals surface area contributed by atoms with Crippen molar-refractivity contribution in [3.63, 3.8) is 0 Å². The molecule has 8 heteroatoms. The van der Waals surface area contributed by atoms with Gasteiger partial charge in [-0.1, -0.05) is 30.3 Å². The molecule has 8 nitrogen and oxygen atoms in total. The fourth-order valence-electron chi connectivity index (χ4n) is 3.10. The molecule has 0 fully saturated rings. The van der Waals surface area contributed by atoms with Gasteiger partial charge < -0.3 is 19.8 Å². The van der Waals surface area contributed by atoms with E-state index in [0.717, 1.165) is 17.0 Å². The first kappa shape index (κ1) is 20.2. The number of pyridine rings is 1. The number of hydrogen-bond acceptors (Lipinski definition) is 5. The number of carbonyl (C=O) groups is 1. The highest BCUT2D eigenvalue weighted by molar-refractivity contribution is 5.74. The number of ether oxygens (including phenoxy) is 1. The largest absolute Gasteiger partial charge is 0.487 e. The quantitative estimate of drug-likeness (QED) is 0.458. The van der Waals surface area contributed by atoms with Gasteiger partial charge in [-0.05, 0) is 42.0 Å². The first-order valence-corrected chi connectivity index (χ1v) is 9.91. The molecule has 0 saturated carbocycles. The zero-order valence-electron chi connectivity index (χ0n) is 16.8. The van der Waals surface area contributed by atoms with Crippen LogP contribution in [0.4, 0.5) is 4.79 Å². The summed E-state index contributed by atoms with van der Waals surface area (Å²) in [5.41, 5.74) is 3.04. The summed E-state index contributed by atoms with van der Waals surface area (Å²) in [5.74, 6) is 0.297. The van der Waals surface area contributed by atoms with Gasteiger partial charge in [0.15, 0.2) is 5.58 Å². The summed E-state index contributed by atoms with van der Waals surface area (Å²) in [7, 11) is 0. The number of hydrogen-bond donors (Lipinski definition) is 2. The van der Waals surface area contributed by atoms with E-state index in [1.54, 1.807) is 18.3 Å². The second kappa shape index (κ2) is 9.62. The molecule has 31 heavy (non-hydrogen) atoms. The molecular formula is C23H22N4O4. The van der Waals surface area contributed by atoms with E-state index in [2.05, 4.69) is 15.6 Å². The van der Waals surface area contributed by atoms with Crippen molar-refractivity contribution in [1.29, 1.82) is 0 Å². The number of carbonyl (C=O) groups excluding carboxylic acids is 1. The number of benzene rings is 2. The molecule has 2 N–H and O–H groups in total. The summed E-state index contributed by atoms with van der Waals surface area (Å²) in [4.78, 5) is 28.2. The molecule has 158 valence electrons. The van der Waals surface area contributed by atoms with Gasteiger partial charge in [-0.3, -0.25) is 9.55 Å². The molecule has 0 aliphatic rings. The lowest BCUT2D eigenvalue weighted by Crippen LogP contribution is -2.37. The molecule has 2 aromatic carbocycles. The maximum Gasteiger partial charge on any atom is 0.420 e. The second-order valence-corrected chi connectivity index (χ2v) is 6.85. The zero-order valence-corrected chi connectivity index (χ0v) is 16.8. The number of oxazole rings is 1. The predicted molar refractivity (Wildman–Crippen MR) is 116 cm³/mol. The molecule has 2 aromatic heterocycles. The van der Waals surface area contributed by atoms with Crippen molar-refractivity contribution >= 4 is 17.1 Å². The molecule has 0 aliphatic heterocycles. The third kappa shape index (κ3) is 5.30. The Hall–Kier alpha value is -4.07. The molecule has 2 heterocycles. The molecule has 0 radical (unpaired) electrons. The Morgan fingerprint density at radius 3 is 2.61 bits per heavy atom. The molecule has 0 unspecified atom stereocenters. The maximum atomic E-state index is 12.1. The van der Waals surface area contributed by atoms with Gasteiger partial charge in [-0.15, -0.1) is 0 Å². The van der Waals surface area contributed by atoms with Crippen molar-refractivity contribution in [2.45, 2.75) is 19.7 Å². The van der Waals surface area contributed by atoms with E-state index in [0.29, 0.717) is 37.3 Å². The van der Waals surface area contributed by atoms with Crippen LogP contribution in [-0.2, 0) is 19.7 Å². The van der Waals surface area contributed by atoms with Crippen molar-refractivity contribution in [1.82, 2.24) is 20.2 Å². The van der Waals surface area contributed by atoms with Gasteiger partial charge in [0.25, 0.3) is 0 Å². The number of nitrogens with zero attached hydrogens (tertiary/aromatic N) is 2. The zero-order chi connectivity index (χ0) is 21.5. The van der Waals surface area contributed by atoms with E-state index in [1.807, 2.05) is 54.6 Å². The second-order valence-electron chi connectivity index (χ2n) is 6.85. The average molecular weight is 418 g/mol. The van der Waals surface area contributed by atoms with Crippen LogP contribution in [-0.4, -0.2) is 22.1 Å². The SMILES string of the molecule is O=C(NCCn1c(=O)oc2ccccc21)NCc1ccc(OCc2ccccn2)cc1. The number of fused-ring (bicyclic) bond motifs is 1. The monoisotopic (exact) mass is 418 g/mol. The highest BCUT2D eigenvalue weighted by atomic mass is 16.5. The molecule has 4 rings (SSSR count). The van der Waals surface area contributed by atoms with E-state index >= 15 is 0 Å². The van der Waals surface area contributed by atoms with E-state index < -0.39 is 5.76 Å². The van der Waals surface area contributed by atoms with Crippen LogP contribution in [0.15, 0.2) is 82.1 Å². The van der Waals surface area contributed by atoms with Crippen LogP contribution in [0.1, 0.15) is 11.3 Å². The summed E-state index contributed by atoms with van der Waals surface area (Å²) in [6.07, 6.45) is 1.73. The first-order chi connectivity index (χ1) is 15.2. The summed E-state index contributed by atoms with van der Waals surface area (Å²) in [6.45, 7) is 1.40.